The van der Waals surface area contributed by atoms with Gasteiger partial charge in [-0.3, -0.25) is 9.69 Å². The van der Waals surface area contributed by atoms with Gasteiger partial charge in [-0.1, -0.05) is 84.6 Å². The molecule has 1 aliphatic heterocycles. The van der Waals surface area contributed by atoms with Gasteiger partial charge in [0.05, 0.1) is 17.2 Å². The molecule has 1 saturated heterocycles. The molecule has 0 N–H and O–H groups in total. The molecule has 5 rings (SSSR count). The van der Waals surface area contributed by atoms with E-state index in [0.29, 0.717) is 33.9 Å². The number of carbonyl (C=O) groups is 1. The van der Waals surface area contributed by atoms with Gasteiger partial charge >= 0.3 is 0 Å². The zero-order valence-corrected chi connectivity index (χ0v) is 21.7. The molecular formula is C30H25NO3S2. The number of thioether (sulfide) groups is 1. The fraction of sp³-hybridized carbons (Fsp3) is 0.133. The molecule has 0 aliphatic carbocycles. The first-order chi connectivity index (χ1) is 17.5. The van der Waals surface area contributed by atoms with Crippen LogP contribution >= 0.6 is 24.0 Å². The van der Waals surface area contributed by atoms with Crippen molar-refractivity contribution in [2.75, 3.05) is 11.5 Å². The van der Waals surface area contributed by atoms with Crippen molar-refractivity contribution in [1.82, 2.24) is 0 Å². The minimum absolute atomic E-state index is 0.121. The number of amides is 1. The van der Waals surface area contributed by atoms with Gasteiger partial charge in [0.1, 0.15) is 6.61 Å². The zero-order chi connectivity index (χ0) is 25.1. The Morgan fingerprint density at radius 3 is 2.56 bits per heavy atom. The topological polar surface area (TPSA) is 38.8 Å². The molecule has 0 unspecified atom stereocenters. The lowest BCUT2D eigenvalue weighted by molar-refractivity contribution is -0.113. The Labute approximate surface area is 220 Å². The van der Waals surface area contributed by atoms with Gasteiger partial charge in [0.15, 0.2) is 15.8 Å². The number of thiocarbonyl (C=S) groups is 1. The summed E-state index contributed by atoms with van der Waals surface area (Å²) in [7, 11) is 0. The average molecular weight is 512 g/mol. The molecule has 6 heteroatoms. The molecule has 4 nitrogen and oxygen atoms in total. The number of rotatable bonds is 7. The van der Waals surface area contributed by atoms with Gasteiger partial charge in [-0.25, -0.2) is 0 Å². The molecule has 1 fully saturated rings. The lowest BCUT2D eigenvalue weighted by atomic mass is 10.1. The van der Waals surface area contributed by atoms with Crippen LogP contribution in [0.5, 0.6) is 11.5 Å². The van der Waals surface area contributed by atoms with Crippen LogP contribution in [-0.2, 0) is 11.4 Å². The predicted octanol–water partition coefficient (Wildman–Crippen LogP) is 7.53. The lowest BCUT2D eigenvalue weighted by Crippen LogP contribution is -2.27. The summed E-state index contributed by atoms with van der Waals surface area (Å²) in [6, 6.07) is 28.0. The summed E-state index contributed by atoms with van der Waals surface area (Å²) < 4.78 is 12.6. The summed E-state index contributed by atoms with van der Waals surface area (Å²) in [5, 5.41) is 2.35. The number of carbonyl (C=O) groups excluding carboxylic acids is 1. The summed E-state index contributed by atoms with van der Waals surface area (Å²) >= 11 is 6.83. The maximum absolute atomic E-state index is 13.2. The van der Waals surface area contributed by atoms with E-state index in [1.165, 1.54) is 22.5 Å². The number of hydrogen-bond acceptors (Lipinski definition) is 5. The first-order valence-corrected chi connectivity index (χ1v) is 13.0. The van der Waals surface area contributed by atoms with Gasteiger partial charge in [0.2, 0.25) is 0 Å². The van der Waals surface area contributed by atoms with E-state index in [0.717, 1.165) is 22.4 Å². The van der Waals surface area contributed by atoms with Crippen molar-refractivity contribution >= 4 is 56.7 Å². The number of benzene rings is 4. The summed E-state index contributed by atoms with van der Waals surface area (Å²) in [6.45, 7) is 4.86. The van der Waals surface area contributed by atoms with Crippen molar-refractivity contribution in [3.8, 4) is 11.5 Å². The lowest BCUT2D eigenvalue weighted by Gasteiger charge is -2.15. The number of nitrogens with zero attached hydrogens (tertiary/aromatic N) is 1. The smallest absolute Gasteiger partial charge is 0.270 e. The van der Waals surface area contributed by atoms with E-state index in [4.69, 9.17) is 21.7 Å². The fourth-order valence-corrected chi connectivity index (χ4v) is 5.48. The molecule has 0 spiro atoms. The number of fused-ring (bicyclic) bond motifs is 1. The van der Waals surface area contributed by atoms with Crippen molar-refractivity contribution in [3.63, 3.8) is 0 Å². The van der Waals surface area contributed by atoms with Crippen LogP contribution in [0.1, 0.15) is 23.6 Å². The van der Waals surface area contributed by atoms with Crippen LogP contribution in [0.2, 0.25) is 0 Å². The Bertz CT molecular complexity index is 1490. The highest BCUT2D eigenvalue weighted by molar-refractivity contribution is 8.27. The Hall–Kier alpha value is -3.61. The van der Waals surface area contributed by atoms with Crippen molar-refractivity contribution in [1.29, 1.82) is 0 Å². The standard InChI is InChI=1S/C30H25NO3S2/c1-3-33-27-17-21(18-28-29(32)31(30(35)36-28)24-12-6-8-20(2)16-24)14-15-26(27)34-19-23-11-7-10-22-9-4-5-13-25(22)23/h4-18H,3,19H2,1-2H3/b28-18-. The third-order valence-electron chi connectivity index (χ3n) is 5.88. The molecule has 1 aliphatic rings. The van der Waals surface area contributed by atoms with Gasteiger partial charge in [-0.05, 0) is 71.7 Å². The number of hydrogen-bond donors (Lipinski definition) is 0. The SMILES string of the molecule is CCOc1cc(/C=C2\SC(=S)N(c3cccc(C)c3)C2=O)ccc1OCc1cccc2ccccc12. The van der Waals surface area contributed by atoms with E-state index in [1.54, 1.807) is 4.90 Å². The minimum Gasteiger partial charge on any atom is -0.490 e. The van der Waals surface area contributed by atoms with Crippen molar-refractivity contribution < 1.29 is 14.3 Å². The third-order valence-corrected chi connectivity index (χ3v) is 7.18. The van der Waals surface area contributed by atoms with Crippen molar-refractivity contribution in [2.24, 2.45) is 0 Å². The second kappa shape index (κ2) is 10.6. The number of ether oxygens (including phenoxy) is 2. The van der Waals surface area contributed by atoms with Crippen LogP contribution < -0.4 is 14.4 Å². The largest absolute Gasteiger partial charge is 0.490 e. The number of anilines is 1. The summed E-state index contributed by atoms with van der Waals surface area (Å²) in [5.41, 5.74) is 3.82. The second-order valence-corrected chi connectivity index (χ2v) is 10.1. The Kier molecular flexibility index (Phi) is 7.07. The summed E-state index contributed by atoms with van der Waals surface area (Å²) in [6.07, 6.45) is 1.85. The van der Waals surface area contributed by atoms with Gasteiger partial charge in [-0.2, -0.15) is 0 Å². The highest BCUT2D eigenvalue weighted by Gasteiger charge is 2.33. The highest BCUT2D eigenvalue weighted by atomic mass is 32.2. The van der Waals surface area contributed by atoms with Crippen LogP contribution in [0.25, 0.3) is 16.8 Å². The predicted molar refractivity (Wildman–Crippen MR) is 153 cm³/mol. The maximum Gasteiger partial charge on any atom is 0.270 e. The first kappa shape index (κ1) is 24.1. The van der Waals surface area contributed by atoms with Gasteiger partial charge in [0, 0.05) is 0 Å². The van der Waals surface area contributed by atoms with E-state index < -0.39 is 0 Å². The van der Waals surface area contributed by atoms with Crippen molar-refractivity contribution in [2.45, 2.75) is 20.5 Å². The Morgan fingerprint density at radius 1 is 0.917 bits per heavy atom. The minimum atomic E-state index is -0.121. The van der Waals surface area contributed by atoms with E-state index in [1.807, 2.05) is 80.6 Å². The fourth-order valence-electron chi connectivity index (χ4n) is 4.18. The molecule has 36 heavy (non-hydrogen) atoms. The molecule has 0 aromatic heterocycles. The molecular weight excluding hydrogens is 486 g/mol. The second-order valence-electron chi connectivity index (χ2n) is 8.42. The van der Waals surface area contributed by atoms with Crippen molar-refractivity contribution in [3.05, 3.63) is 107 Å². The van der Waals surface area contributed by atoms with Crippen LogP contribution in [-0.4, -0.2) is 16.8 Å². The molecule has 1 amide bonds. The van der Waals surface area contributed by atoms with Gasteiger partial charge in [-0.15, -0.1) is 0 Å². The molecule has 180 valence electrons. The van der Waals surface area contributed by atoms with E-state index in [-0.39, 0.29) is 5.91 Å². The van der Waals surface area contributed by atoms with E-state index in [2.05, 4.69) is 24.3 Å². The Morgan fingerprint density at radius 2 is 1.72 bits per heavy atom. The normalized spacial score (nSPS) is 14.6. The van der Waals surface area contributed by atoms with E-state index in [9.17, 15) is 4.79 Å². The molecule has 1 heterocycles. The van der Waals surface area contributed by atoms with Crippen LogP contribution in [0.3, 0.4) is 0 Å². The first-order valence-electron chi connectivity index (χ1n) is 11.7. The molecule has 0 bridgehead atoms. The molecule has 4 aromatic rings. The molecule has 0 atom stereocenters. The number of aryl methyl sites for hydroxylation is 1. The average Bonchev–Trinajstić information content (AvgIpc) is 3.16. The van der Waals surface area contributed by atoms with Crippen LogP contribution in [0.15, 0.2) is 89.8 Å². The molecule has 4 aromatic carbocycles. The van der Waals surface area contributed by atoms with Crippen LogP contribution in [0, 0.1) is 6.92 Å². The Balaban J connectivity index is 1.38. The monoisotopic (exact) mass is 511 g/mol. The highest BCUT2D eigenvalue weighted by Crippen LogP contribution is 2.37. The van der Waals surface area contributed by atoms with E-state index >= 15 is 0 Å². The molecule has 0 saturated carbocycles. The van der Waals surface area contributed by atoms with Gasteiger partial charge < -0.3 is 9.47 Å². The summed E-state index contributed by atoms with van der Waals surface area (Å²) in [5.74, 6) is 1.18. The van der Waals surface area contributed by atoms with Gasteiger partial charge in [0.25, 0.3) is 5.91 Å². The quantitative estimate of drug-likeness (QED) is 0.189. The third kappa shape index (κ3) is 5.01. The molecule has 0 radical (unpaired) electrons. The van der Waals surface area contributed by atoms with Crippen LogP contribution in [0.4, 0.5) is 5.69 Å². The zero-order valence-electron chi connectivity index (χ0n) is 20.1. The summed E-state index contributed by atoms with van der Waals surface area (Å²) in [4.78, 5) is 15.3. The maximum atomic E-state index is 13.2.